The van der Waals surface area contributed by atoms with Crippen LogP contribution < -0.4 is 5.73 Å². The number of benzene rings is 1. The second-order valence-corrected chi connectivity index (χ2v) is 3.35. The fourth-order valence-electron chi connectivity index (χ4n) is 1.22. The maximum absolute atomic E-state index is 13.2. The minimum atomic E-state index is -0.677. The van der Waals surface area contributed by atoms with Crippen molar-refractivity contribution in [1.29, 1.82) is 0 Å². The Hall–Kier alpha value is -1.71. The van der Waals surface area contributed by atoms with E-state index in [1.54, 1.807) is 0 Å². The van der Waals surface area contributed by atoms with E-state index < -0.39 is 11.6 Å². The Morgan fingerprint density at radius 1 is 1.44 bits per heavy atom. The topological polar surface area (TPSA) is 38.4 Å². The molecule has 0 atom stereocenters. The van der Waals surface area contributed by atoms with Crippen LogP contribution in [0, 0.1) is 11.6 Å². The van der Waals surface area contributed by atoms with E-state index in [0.717, 1.165) is 24.5 Å². The number of aliphatic imine (C=N–C) groups is 1. The second-order valence-electron chi connectivity index (χ2n) is 3.35. The first-order valence-corrected chi connectivity index (χ1v) is 5.07. The lowest BCUT2D eigenvalue weighted by atomic mass is 10.2. The molecule has 0 saturated carbocycles. The quantitative estimate of drug-likeness (QED) is 0.783. The van der Waals surface area contributed by atoms with E-state index in [1.807, 2.05) is 6.92 Å². The Kier molecular flexibility index (Phi) is 4.64. The SMILES string of the molecule is CCCC(C=Nc1ccc(F)cc1F)=CN. The van der Waals surface area contributed by atoms with Gasteiger partial charge in [-0.15, -0.1) is 0 Å². The summed E-state index contributed by atoms with van der Waals surface area (Å²) in [6.45, 7) is 2.01. The van der Waals surface area contributed by atoms with Crippen LogP contribution in [0.1, 0.15) is 19.8 Å². The molecule has 0 spiro atoms. The van der Waals surface area contributed by atoms with Gasteiger partial charge in [0.25, 0.3) is 0 Å². The van der Waals surface area contributed by atoms with Crippen LogP contribution in [0.3, 0.4) is 0 Å². The van der Waals surface area contributed by atoms with Crippen LogP contribution >= 0.6 is 0 Å². The summed E-state index contributed by atoms with van der Waals surface area (Å²) in [5.74, 6) is -1.29. The van der Waals surface area contributed by atoms with E-state index in [4.69, 9.17) is 5.73 Å². The highest BCUT2D eigenvalue weighted by Crippen LogP contribution is 2.18. The van der Waals surface area contributed by atoms with Gasteiger partial charge in [-0.1, -0.05) is 13.3 Å². The van der Waals surface area contributed by atoms with Gasteiger partial charge < -0.3 is 5.73 Å². The number of allylic oxidation sites excluding steroid dienone is 1. The average Bonchev–Trinajstić information content (AvgIpc) is 2.26. The van der Waals surface area contributed by atoms with Crippen molar-refractivity contribution in [3.63, 3.8) is 0 Å². The molecule has 0 radical (unpaired) electrons. The van der Waals surface area contributed by atoms with Crippen LogP contribution in [-0.4, -0.2) is 6.21 Å². The zero-order valence-electron chi connectivity index (χ0n) is 9.08. The Bertz CT molecular complexity index is 411. The van der Waals surface area contributed by atoms with E-state index in [2.05, 4.69) is 4.99 Å². The molecule has 2 N–H and O–H groups in total. The zero-order chi connectivity index (χ0) is 12.0. The molecule has 0 amide bonds. The molecule has 86 valence electrons. The second kappa shape index (κ2) is 6.00. The molecule has 0 unspecified atom stereocenters. The molecule has 0 aliphatic carbocycles. The molecule has 1 rings (SSSR count). The normalized spacial score (nSPS) is 12.3. The van der Waals surface area contributed by atoms with Crippen LogP contribution in [0.2, 0.25) is 0 Å². The number of hydrogen-bond donors (Lipinski definition) is 1. The molecule has 16 heavy (non-hydrogen) atoms. The van der Waals surface area contributed by atoms with Gasteiger partial charge in [-0.3, -0.25) is 4.99 Å². The van der Waals surface area contributed by atoms with Gasteiger partial charge in [-0.05, 0) is 30.3 Å². The summed E-state index contributed by atoms with van der Waals surface area (Å²) in [5, 5.41) is 0. The monoisotopic (exact) mass is 224 g/mol. The van der Waals surface area contributed by atoms with Crippen molar-refractivity contribution >= 4 is 11.9 Å². The Labute approximate surface area is 93.5 Å². The van der Waals surface area contributed by atoms with Crippen LogP contribution in [0.15, 0.2) is 35.0 Å². The molecule has 0 fully saturated rings. The van der Waals surface area contributed by atoms with E-state index in [0.29, 0.717) is 0 Å². The van der Waals surface area contributed by atoms with Crippen molar-refractivity contribution in [1.82, 2.24) is 0 Å². The van der Waals surface area contributed by atoms with Gasteiger partial charge in [0.15, 0.2) is 5.82 Å². The minimum absolute atomic E-state index is 0.108. The Morgan fingerprint density at radius 2 is 2.19 bits per heavy atom. The number of hydrogen-bond acceptors (Lipinski definition) is 2. The first-order chi connectivity index (χ1) is 7.67. The predicted octanol–water partition coefficient (Wildman–Crippen LogP) is 3.31. The van der Waals surface area contributed by atoms with Crippen molar-refractivity contribution in [3.05, 3.63) is 41.6 Å². The first kappa shape index (κ1) is 12.4. The fraction of sp³-hybridized carbons (Fsp3) is 0.250. The molecule has 0 bridgehead atoms. The summed E-state index contributed by atoms with van der Waals surface area (Å²) in [6.07, 6.45) is 4.65. The van der Waals surface area contributed by atoms with Crippen LogP contribution in [0.5, 0.6) is 0 Å². The zero-order valence-corrected chi connectivity index (χ0v) is 9.08. The molecule has 0 aliphatic rings. The van der Waals surface area contributed by atoms with Crippen molar-refractivity contribution in [2.45, 2.75) is 19.8 Å². The van der Waals surface area contributed by atoms with Gasteiger partial charge in [-0.2, -0.15) is 0 Å². The van der Waals surface area contributed by atoms with E-state index >= 15 is 0 Å². The third-order valence-electron chi connectivity index (χ3n) is 2.03. The molecule has 2 nitrogen and oxygen atoms in total. The van der Waals surface area contributed by atoms with Gasteiger partial charge in [-0.25, -0.2) is 8.78 Å². The van der Waals surface area contributed by atoms with Crippen LogP contribution in [0.25, 0.3) is 0 Å². The molecule has 0 aliphatic heterocycles. The van der Waals surface area contributed by atoms with E-state index in [1.165, 1.54) is 24.5 Å². The molecule has 1 aromatic rings. The van der Waals surface area contributed by atoms with Crippen molar-refractivity contribution in [2.75, 3.05) is 0 Å². The van der Waals surface area contributed by atoms with Crippen molar-refractivity contribution < 1.29 is 8.78 Å². The van der Waals surface area contributed by atoms with Crippen LogP contribution in [-0.2, 0) is 0 Å². The third kappa shape index (κ3) is 3.46. The van der Waals surface area contributed by atoms with Gasteiger partial charge in [0.1, 0.15) is 5.82 Å². The summed E-state index contributed by atoms with van der Waals surface area (Å²) in [7, 11) is 0. The van der Waals surface area contributed by atoms with Gasteiger partial charge in [0.05, 0.1) is 5.69 Å². The highest BCUT2D eigenvalue weighted by atomic mass is 19.1. The lowest BCUT2D eigenvalue weighted by molar-refractivity contribution is 0.585. The summed E-state index contributed by atoms with van der Waals surface area (Å²) in [5.41, 5.74) is 6.31. The summed E-state index contributed by atoms with van der Waals surface area (Å²) in [4.78, 5) is 3.92. The van der Waals surface area contributed by atoms with Gasteiger partial charge in [0.2, 0.25) is 0 Å². The molecule has 4 heteroatoms. The van der Waals surface area contributed by atoms with E-state index in [-0.39, 0.29) is 5.69 Å². The lowest BCUT2D eigenvalue weighted by Gasteiger charge is -1.98. The first-order valence-electron chi connectivity index (χ1n) is 5.07. The maximum Gasteiger partial charge on any atom is 0.151 e. The summed E-state index contributed by atoms with van der Waals surface area (Å²) >= 11 is 0. The average molecular weight is 224 g/mol. The number of nitrogens with zero attached hydrogens (tertiary/aromatic N) is 1. The molecule has 0 heterocycles. The summed E-state index contributed by atoms with van der Waals surface area (Å²) < 4.78 is 25.8. The highest BCUT2D eigenvalue weighted by molar-refractivity contribution is 5.80. The summed E-state index contributed by atoms with van der Waals surface area (Å²) in [6, 6.07) is 3.26. The smallest absolute Gasteiger partial charge is 0.151 e. The Balaban J connectivity index is 2.83. The number of nitrogens with two attached hydrogens (primary N) is 1. The molecule has 0 aromatic heterocycles. The molecule has 1 aromatic carbocycles. The largest absolute Gasteiger partial charge is 0.404 e. The standard InChI is InChI=1S/C12H14F2N2/c1-2-3-9(7-15)8-16-12-5-4-10(13)6-11(12)14/h4-8H,2-3,15H2,1H3. The maximum atomic E-state index is 13.2. The van der Waals surface area contributed by atoms with Crippen LogP contribution in [0.4, 0.5) is 14.5 Å². The molecular weight excluding hydrogens is 210 g/mol. The fourth-order valence-corrected chi connectivity index (χ4v) is 1.22. The Morgan fingerprint density at radius 3 is 2.75 bits per heavy atom. The number of rotatable bonds is 4. The minimum Gasteiger partial charge on any atom is -0.404 e. The van der Waals surface area contributed by atoms with E-state index in [9.17, 15) is 8.78 Å². The third-order valence-corrected chi connectivity index (χ3v) is 2.03. The van der Waals surface area contributed by atoms with Crippen molar-refractivity contribution in [3.8, 4) is 0 Å². The van der Waals surface area contributed by atoms with Gasteiger partial charge >= 0.3 is 0 Å². The highest BCUT2D eigenvalue weighted by Gasteiger charge is 2.01. The van der Waals surface area contributed by atoms with Crippen molar-refractivity contribution in [2.24, 2.45) is 10.7 Å². The molecule has 0 saturated heterocycles. The lowest BCUT2D eigenvalue weighted by Crippen LogP contribution is -1.90. The van der Waals surface area contributed by atoms with Gasteiger partial charge in [0, 0.05) is 12.3 Å². The molecular formula is C12H14F2N2. The number of halogens is 2. The predicted molar refractivity (Wildman–Crippen MR) is 61.7 cm³/mol.